The van der Waals surface area contributed by atoms with Crippen LogP contribution in [0.4, 0.5) is 4.79 Å². The molecule has 0 bridgehead atoms. The Labute approximate surface area is 128 Å². The van der Waals surface area contributed by atoms with Gasteiger partial charge in [0.1, 0.15) is 0 Å². The molecular weight excluding hydrogens is 286 g/mol. The molecule has 0 aromatic heterocycles. The first-order valence-electron chi connectivity index (χ1n) is 7.14. The van der Waals surface area contributed by atoms with E-state index in [0.29, 0.717) is 17.2 Å². The first-order valence-corrected chi connectivity index (χ1v) is 9.25. The quantitative estimate of drug-likeness (QED) is 0.797. The highest BCUT2D eigenvalue weighted by molar-refractivity contribution is 8.38. The molecule has 3 unspecified atom stereocenters. The molecule has 3 atom stereocenters. The second-order valence-corrected chi connectivity index (χ2v) is 7.69. The molecule has 2 aliphatic rings. The zero-order chi connectivity index (χ0) is 13.9. The van der Waals surface area contributed by atoms with E-state index < -0.39 is 0 Å². The minimum absolute atomic E-state index is 0.235. The SMILES string of the molecule is CSC(=O)SC1CCCC2CC(c3ccccc3)=NC21. The molecule has 0 amide bonds. The van der Waals surface area contributed by atoms with Crippen LogP contribution in [0.1, 0.15) is 31.2 Å². The topological polar surface area (TPSA) is 29.4 Å². The standard InChI is InChI=1S/C16H19NOS2/c1-19-16(18)20-14-9-5-8-12-10-13(17-15(12)14)11-6-3-2-4-7-11/h2-4,6-7,12,14-15H,5,8-10H2,1H3. The number of carbonyl (C=O) groups is 1. The summed E-state index contributed by atoms with van der Waals surface area (Å²) in [6, 6.07) is 10.8. The van der Waals surface area contributed by atoms with Gasteiger partial charge < -0.3 is 0 Å². The number of hydrogen-bond acceptors (Lipinski definition) is 4. The molecule has 0 spiro atoms. The van der Waals surface area contributed by atoms with E-state index in [2.05, 4.69) is 24.3 Å². The van der Waals surface area contributed by atoms with Gasteiger partial charge in [-0.15, -0.1) is 0 Å². The highest BCUT2D eigenvalue weighted by Crippen LogP contribution is 2.42. The molecule has 1 fully saturated rings. The van der Waals surface area contributed by atoms with Crippen LogP contribution in [0.2, 0.25) is 0 Å². The summed E-state index contributed by atoms with van der Waals surface area (Å²) in [6.07, 6.45) is 6.57. The van der Waals surface area contributed by atoms with Gasteiger partial charge in [-0.2, -0.15) is 0 Å². The van der Waals surface area contributed by atoms with Crippen molar-refractivity contribution >= 4 is 33.7 Å². The summed E-state index contributed by atoms with van der Waals surface area (Å²) in [5, 5.41) is 0.384. The predicted molar refractivity (Wildman–Crippen MR) is 89.0 cm³/mol. The Bertz CT molecular complexity index is 514. The van der Waals surface area contributed by atoms with Crippen LogP contribution < -0.4 is 0 Å². The van der Waals surface area contributed by atoms with Crippen molar-refractivity contribution < 1.29 is 4.79 Å². The first kappa shape index (κ1) is 14.2. The highest BCUT2D eigenvalue weighted by atomic mass is 32.2. The fourth-order valence-electron chi connectivity index (χ4n) is 3.24. The molecule has 1 heterocycles. The smallest absolute Gasteiger partial charge is 0.246 e. The van der Waals surface area contributed by atoms with Crippen molar-refractivity contribution in [1.82, 2.24) is 0 Å². The number of benzene rings is 1. The van der Waals surface area contributed by atoms with Gasteiger partial charge in [0.15, 0.2) is 0 Å². The normalized spacial score (nSPS) is 28.9. The molecule has 1 aromatic carbocycles. The van der Waals surface area contributed by atoms with Crippen LogP contribution in [0.15, 0.2) is 35.3 Å². The van der Waals surface area contributed by atoms with Crippen molar-refractivity contribution in [3.63, 3.8) is 0 Å². The average molecular weight is 305 g/mol. The Kier molecular flexibility index (Phi) is 4.51. The maximum atomic E-state index is 11.7. The van der Waals surface area contributed by atoms with E-state index >= 15 is 0 Å². The fourth-order valence-corrected chi connectivity index (χ4v) is 4.95. The van der Waals surface area contributed by atoms with Crippen LogP contribution in [0.5, 0.6) is 0 Å². The van der Waals surface area contributed by atoms with Crippen LogP contribution in [0.25, 0.3) is 0 Å². The van der Waals surface area contributed by atoms with E-state index in [0.717, 1.165) is 12.8 Å². The second-order valence-electron chi connectivity index (χ2n) is 5.44. The number of nitrogens with zero attached hydrogens (tertiary/aromatic N) is 1. The van der Waals surface area contributed by atoms with Crippen molar-refractivity contribution in [2.75, 3.05) is 6.26 Å². The molecule has 20 heavy (non-hydrogen) atoms. The Balaban J connectivity index is 1.78. The van der Waals surface area contributed by atoms with Crippen molar-refractivity contribution in [3.8, 4) is 0 Å². The lowest BCUT2D eigenvalue weighted by Crippen LogP contribution is -2.31. The van der Waals surface area contributed by atoms with Gasteiger partial charge >= 0.3 is 0 Å². The molecule has 3 rings (SSSR count). The summed E-state index contributed by atoms with van der Waals surface area (Å²) < 4.78 is 0.235. The van der Waals surface area contributed by atoms with E-state index in [9.17, 15) is 4.79 Å². The van der Waals surface area contributed by atoms with Gasteiger partial charge in [0.05, 0.1) is 6.04 Å². The highest BCUT2D eigenvalue weighted by Gasteiger charge is 2.39. The van der Waals surface area contributed by atoms with E-state index in [-0.39, 0.29) is 4.45 Å². The zero-order valence-corrected chi connectivity index (χ0v) is 13.3. The number of carbonyl (C=O) groups excluding carboxylic acids is 1. The molecule has 106 valence electrons. The third-order valence-electron chi connectivity index (χ3n) is 4.21. The molecule has 0 saturated heterocycles. The van der Waals surface area contributed by atoms with Crippen molar-refractivity contribution in [1.29, 1.82) is 0 Å². The van der Waals surface area contributed by atoms with Crippen LogP contribution >= 0.6 is 23.5 Å². The van der Waals surface area contributed by atoms with Gasteiger partial charge in [-0.05, 0) is 37.0 Å². The molecule has 4 heteroatoms. The molecule has 1 saturated carbocycles. The van der Waals surface area contributed by atoms with Crippen molar-refractivity contribution in [3.05, 3.63) is 35.9 Å². The Hall–Kier alpha value is -0.740. The van der Waals surface area contributed by atoms with Crippen LogP contribution in [0, 0.1) is 5.92 Å². The third kappa shape index (κ3) is 2.96. The van der Waals surface area contributed by atoms with Crippen LogP contribution in [-0.2, 0) is 0 Å². The molecular formula is C16H19NOS2. The summed E-state index contributed by atoms with van der Waals surface area (Å²) >= 11 is 2.84. The monoisotopic (exact) mass is 305 g/mol. The summed E-state index contributed by atoms with van der Waals surface area (Å²) in [6.45, 7) is 0. The van der Waals surface area contributed by atoms with Crippen molar-refractivity contribution in [2.45, 2.75) is 37.0 Å². The Morgan fingerprint density at radius 1 is 1.25 bits per heavy atom. The summed E-state index contributed by atoms with van der Waals surface area (Å²) in [5.41, 5.74) is 2.49. The first-order chi connectivity index (χ1) is 9.78. The second kappa shape index (κ2) is 6.35. The van der Waals surface area contributed by atoms with E-state index in [4.69, 9.17) is 4.99 Å². The maximum absolute atomic E-state index is 11.7. The minimum Gasteiger partial charge on any atom is -0.284 e. The number of thioether (sulfide) groups is 2. The number of fused-ring (bicyclic) bond motifs is 1. The van der Waals surface area contributed by atoms with Gasteiger partial charge in [0.2, 0.25) is 4.45 Å². The Morgan fingerprint density at radius 3 is 2.80 bits per heavy atom. The zero-order valence-electron chi connectivity index (χ0n) is 11.6. The van der Waals surface area contributed by atoms with Gasteiger partial charge in [-0.1, -0.05) is 60.3 Å². The molecule has 2 nitrogen and oxygen atoms in total. The lowest BCUT2D eigenvalue weighted by molar-refractivity contribution is 0.276. The lowest BCUT2D eigenvalue weighted by atomic mass is 9.83. The van der Waals surface area contributed by atoms with Crippen LogP contribution in [0.3, 0.4) is 0 Å². The van der Waals surface area contributed by atoms with E-state index in [1.165, 1.54) is 47.6 Å². The number of rotatable bonds is 2. The lowest BCUT2D eigenvalue weighted by Gasteiger charge is -2.30. The molecule has 1 aromatic rings. The predicted octanol–water partition coefficient (Wildman–Crippen LogP) is 4.63. The van der Waals surface area contributed by atoms with E-state index in [1.54, 1.807) is 0 Å². The van der Waals surface area contributed by atoms with Gasteiger partial charge in [0.25, 0.3) is 0 Å². The number of aliphatic imine (C=N–C) groups is 1. The summed E-state index contributed by atoms with van der Waals surface area (Å²) in [4.78, 5) is 16.7. The van der Waals surface area contributed by atoms with Crippen LogP contribution in [-0.4, -0.2) is 27.7 Å². The summed E-state index contributed by atoms with van der Waals surface area (Å²) in [5.74, 6) is 0.645. The molecule has 0 radical (unpaired) electrons. The largest absolute Gasteiger partial charge is 0.284 e. The summed E-state index contributed by atoms with van der Waals surface area (Å²) in [7, 11) is 0. The maximum Gasteiger partial charge on any atom is 0.246 e. The number of hydrogen-bond donors (Lipinski definition) is 0. The van der Waals surface area contributed by atoms with Crippen molar-refractivity contribution in [2.24, 2.45) is 10.9 Å². The van der Waals surface area contributed by atoms with Gasteiger partial charge in [-0.25, -0.2) is 0 Å². The van der Waals surface area contributed by atoms with Gasteiger partial charge in [0, 0.05) is 11.0 Å². The van der Waals surface area contributed by atoms with E-state index in [1.807, 2.05) is 12.3 Å². The minimum atomic E-state index is 0.235. The fraction of sp³-hybridized carbons (Fsp3) is 0.500. The molecule has 0 N–H and O–H groups in total. The molecule has 1 aliphatic heterocycles. The third-order valence-corrected chi connectivity index (χ3v) is 6.34. The van der Waals surface area contributed by atoms with Gasteiger partial charge in [-0.3, -0.25) is 9.79 Å². The molecule has 1 aliphatic carbocycles. The average Bonchev–Trinajstić information content (AvgIpc) is 2.93. The Morgan fingerprint density at radius 2 is 2.05 bits per heavy atom.